The molecule has 9 heavy (non-hydrogen) atoms. The molecule has 0 saturated heterocycles. The maximum Gasteiger partial charge on any atom is 0.372 e. The lowest BCUT2D eigenvalue weighted by molar-refractivity contribution is -0.149. The van der Waals surface area contributed by atoms with Gasteiger partial charge in [-0.05, 0) is 6.92 Å². The van der Waals surface area contributed by atoms with Gasteiger partial charge in [0.2, 0.25) is 12.1 Å². The predicted octanol–water partition coefficient (Wildman–Crippen LogP) is -0.614. The van der Waals surface area contributed by atoms with Gasteiger partial charge >= 0.3 is 5.97 Å². The summed E-state index contributed by atoms with van der Waals surface area (Å²) in [6.45, 7) is 1.18. The summed E-state index contributed by atoms with van der Waals surface area (Å²) in [5.41, 5.74) is 0. The van der Waals surface area contributed by atoms with Gasteiger partial charge in [-0.15, -0.1) is 0 Å². The molecule has 0 aliphatic rings. The molecule has 4 heteroatoms. The van der Waals surface area contributed by atoms with Crippen LogP contribution < -0.4 is 0 Å². The zero-order valence-electron chi connectivity index (χ0n) is 4.75. The largest absolute Gasteiger partial charge is 0.475 e. The molecular formula is C5H5O4. The van der Waals surface area contributed by atoms with Crippen LogP contribution in [0.1, 0.15) is 6.92 Å². The van der Waals surface area contributed by atoms with Crippen LogP contribution in [-0.2, 0) is 14.4 Å². The summed E-state index contributed by atoms with van der Waals surface area (Å²) in [5.74, 6) is -3.86. The van der Waals surface area contributed by atoms with Crippen molar-refractivity contribution in [1.82, 2.24) is 0 Å². The number of ketones is 1. The van der Waals surface area contributed by atoms with Gasteiger partial charge in [0.15, 0.2) is 0 Å². The Balaban J connectivity index is 4.03. The number of carbonyl (C=O) groups excluding carboxylic acids is 2. The Bertz CT molecular complexity index is 149. The van der Waals surface area contributed by atoms with Crippen LogP contribution in [0.3, 0.4) is 0 Å². The first kappa shape index (κ1) is 7.81. The van der Waals surface area contributed by atoms with E-state index in [4.69, 9.17) is 5.11 Å². The summed E-state index contributed by atoms with van der Waals surface area (Å²) < 4.78 is 0. The van der Waals surface area contributed by atoms with E-state index in [9.17, 15) is 14.4 Å². The number of Topliss-reactive ketones (excluding diaryl/α,β-unsaturated/α-hetero) is 1. The molecule has 0 heterocycles. The molecule has 0 bridgehead atoms. The fraction of sp³-hybridized carbons (Fsp3) is 0.400. The van der Waals surface area contributed by atoms with Crippen LogP contribution >= 0.6 is 0 Å². The second kappa shape index (κ2) is 2.96. The molecule has 0 amide bonds. The minimum absolute atomic E-state index is 1.12. The molecule has 0 aromatic rings. The molecule has 1 unspecified atom stereocenters. The first-order chi connectivity index (χ1) is 4.09. The summed E-state index contributed by atoms with van der Waals surface area (Å²) in [6.07, 6.45) is 1.27. The highest BCUT2D eigenvalue weighted by Crippen LogP contribution is 1.90. The summed E-state index contributed by atoms with van der Waals surface area (Å²) in [6, 6.07) is 0. The molecule has 49 valence electrons. The highest BCUT2D eigenvalue weighted by Gasteiger charge is 2.19. The zero-order chi connectivity index (χ0) is 7.44. The predicted molar refractivity (Wildman–Crippen MR) is 27.5 cm³/mol. The standard InChI is InChI=1S/C5H5O4/c1-3(2-6)4(7)5(8)9/h3H,1H3,(H,8,9). The first-order valence-electron chi connectivity index (χ1n) is 2.24. The van der Waals surface area contributed by atoms with Crippen LogP contribution in [0.5, 0.6) is 0 Å². The fourth-order valence-electron chi connectivity index (χ4n) is 0.239. The second-order valence-corrected chi connectivity index (χ2v) is 1.51. The second-order valence-electron chi connectivity index (χ2n) is 1.51. The molecule has 1 N–H and O–H groups in total. The van der Waals surface area contributed by atoms with E-state index >= 15 is 0 Å². The van der Waals surface area contributed by atoms with Gasteiger partial charge in [-0.3, -0.25) is 9.59 Å². The Morgan fingerprint density at radius 1 is 1.56 bits per heavy atom. The van der Waals surface area contributed by atoms with Crippen molar-refractivity contribution in [3.8, 4) is 0 Å². The molecule has 4 nitrogen and oxygen atoms in total. The molecule has 0 aliphatic carbocycles. The van der Waals surface area contributed by atoms with Gasteiger partial charge in [0, 0.05) is 0 Å². The maximum atomic E-state index is 10.2. The Kier molecular flexibility index (Phi) is 2.57. The van der Waals surface area contributed by atoms with Crippen LogP contribution in [0.4, 0.5) is 0 Å². The van der Waals surface area contributed by atoms with E-state index in [1.807, 2.05) is 0 Å². The van der Waals surface area contributed by atoms with Crippen molar-refractivity contribution >= 4 is 18.0 Å². The minimum atomic E-state index is -1.59. The Morgan fingerprint density at radius 2 is 2.00 bits per heavy atom. The van der Waals surface area contributed by atoms with Crippen molar-refractivity contribution in [3.05, 3.63) is 0 Å². The minimum Gasteiger partial charge on any atom is -0.475 e. The van der Waals surface area contributed by atoms with E-state index in [1.54, 1.807) is 0 Å². The van der Waals surface area contributed by atoms with Crippen molar-refractivity contribution in [2.75, 3.05) is 0 Å². The lowest BCUT2D eigenvalue weighted by atomic mass is 10.1. The Hall–Kier alpha value is -1.19. The smallest absolute Gasteiger partial charge is 0.372 e. The topological polar surface area (TPSA) is 71.4 Å². The molecular weight excluding hydrogens is 124 g/mol. The molecule has 0 aromatic heterocycles. The number of carboxylic acids is 1. The average Bonchev–Trinajstić information content (AvgIpc) is 1.84. The highest BCUT2D eigenvalue weighted by atomic mass is 16.4. The number of carboxylic acid groups (broad SMARTS) is 1. The normalized spacial score (nSPS) is 12.1. The Labute approximate surface area is 51.5 Å². The zero-order valence-corrected chi connectivity index (χ0v) is 4.75. The van der Waals surface area contributed by atoms with E-state index in [0.717, 1.165) is 0 Å². The number of carbonyl (C=O) groups is 2. The Morgan fingerprint density at radius 3 is 2.11 bits per heavy atom. The van der Waals surface area contributed by atoms with Gasteiger partial charge in [-0.2, -0.15) is 0 Å². The third-order valence-corrected chi connectivity index (χ3v) is 0.781. The summed E-state index contributed by atoms with van der Waals surface area (Å²) >= 11 is 0. The van der Waals surface area contributed by atoms with E-state index < -0.39 is 17.7 Å². The molecule has 0 saturated carbocycles. The van der Waals surface area contributed by atoms with Gasteiger partial charge in [-0.1, -0.05) is 0 Å². The molecule has 0 spiro atoms. The van der Waals surface area contributed by atoms with Crippen LogP contribution in [0, 0.1) is 5.92 Å². The van der Waals surface area contributed by atoms with Gasteiger partial charge in [-0.25, -0.2) is 4.79 Å². The SMILES string of the molecule is CC([C]=O)C(=O)C(=O)O. The lowest BCUT2D eigenvalue weighted by Crippen LogP contribution is -2.21. The van der Waals surface area contributed by atoms with Crippen LogP contribution in [-0.4, -0.2) is 23.1 Å². The molecule has 0 rings (SSSR count). The van der Waals surface area contributed by atoms with Crippen LogP contribution in [0.25, 0.3) is 0 Å². The number of rotatable bonds is 3. The van der Waals surface area contributed by atoms with Crippen LogP contribution in [0.2, 0.25) is 0 Å². The monoisotopic (exact) mass is 129 g/mol. The van der Waals surface area contributed by atoms with Gasteiger partial charge in [0.1, 0.15) is 0 Å². The van der Waals surface area contributed by atoms with Crippen molar-refractivity contribution in [1.29, 1.82) is 0 Å². The fourth-order valence-corrected chi connectivity index (χ4v) is 0.239. The lowest BCUT2D eigenvalue weighted by Gasteiger charge is -1.91. The van der Waals surface area contributed by atoms with E-state index in [-0.39, 0.29) is 0 Å². The van der Waals surface area contributed by atoms with E-state index in [0.29, 0.717) is 0 Å². The summed E-state index contributed by atoms with van der Waals surface area (Å²) in [5, 5.41) is 7.96. The average molecular weight is 129 g/mol. The molecule has 1 atom stereocenters. The van der Waals surface area contributed by atoms with Crippen LogP contribution in [0.15, 0.2) is 0 Å². The van der Waals surface area contributed by atoms with Crippen molar-refractivity contribution in [3.63, 3.8) is 0 Å². The van der Waals surface area contributed by atoms with Crippen molar-refractivity contribution < 1.29 is 19.5 Å². The van der Waals surface area contributed by atoms with Gasteiger partial charge < -0.3 is 5.11 Å². The quantitative estimate of drug-likeness (QED) is 0.407. The third kappa shape index (κ3) is 2.03. The summed E-state index contributed by atoms with van der Waals surface area (Å²) in [4.78, 5) is 29.6. The summed E-state index contributed by atoms with van der Waals surface area (Å²) in [7, 11) is 0. The van der Waals surface area contributed by atoms with Crippen molar-refractivity contribution in [2.45, 2.75) is 6.92 Å². The first-order valence-corrected chi connectivity index (χ1v) is 2.24. The molecule has 1 radical (unpaired) electrons. The maximum absolute atomic E-state index is 10.2. The van der Waals surface area contributed by atoms with Gasteiger partial charge in [0.05, 0.1) is 5.92 Å². The number of hydrogen-bond donors (Lipinski definition) is 1. The highest BCUT2D eigenvalue weighted by molar-refractivity contribution is 6.36. The van der Waals surface area contributed by atoms with Gasteiger partial charge in [0.25, 0.3) is 0 Å². The third-order valence-electron chi connectivity index (χ3n) is 0.781. The van der Waals surface area contributed by atoms with E-state index in [1.165, 1.54) is 13.2 Å². The molecule has 0 aromatic carbocycles. The van der Waals surface area contributed by atoms with Crippen molar-refractivity contribution in [2.24, 2.45) is 5.92 Å². The number of aliphatic carboxylic acids is 1. The molecule has 0 aliphatic heterocycles. The number of hydrogen-bond acceptors (Lipinski definition) is 3. The molecule has 0 fully saturated rings. The van der Waals surface area contributed by atoms with E-state index in [2.05, 4.69) is 0 Å².